The lowest BCUT2D eigenvalue weighted by molar-refractivity contribution is 0.104. The molecule has 1 radical (unpaired) electrons. The van der Waals surface area contributed by atoms with Gasteiger partial charge >= 0.3 is 0 Å². The van der Waals surface area contributed by atoms with E-state index in [0.717, 1.165) is 25.7 Å². The van der Waals surface area contributed by atoms with E-state index in [2.05, 4.69) is 13.8 Å². The van der Waals surface area contributed by atoms with Gasteiger partial charge in [0.25, 0.3) is 0 Å². The summed E-state index contributed by atoms with van der Waals surface area (Å²) in [6, 6.07) is 12.1. The van der Waals surface area contributed by atoms with Gasteiger partial charge in [-0.25, -0.2) is 0 Å². The number of hydrogen-bond acceptors (Lipinski definition) is 2. The van der Waals surface area contributed by atoms with E-state index in [9.17, 15) is 9.36 Å². The molecule has 2 unspecified atom stereocenters. The summed E-state index contributed by atoms with van der Waals surface area (Å²) in [5.74, 6) is 0.131. The summed E-state index contributed by atoms with van der Waals surface area (Å²) in [4.78, 5) is 13.0. The van der Waals surface area contributed by atoms with Crippen molar-refractivity contribution in [2.75, 3.05) is 6.16 Å². The highest BCUT2D eigenvalue weighted by atomic mass is 35.5. The van der Waals surface area contributed by atoms with Crippen LogP contribution in [-0.4, -0.2) is 11.9 Å². The normalized spacial score (nSPS) is 12.7. The summed E-state index contributed by atoms with van der Waals surface area (Å²) in [5, 5.41) is 1.21. The Kier molecular flexibility index (Phi) is 8.28. The molecule has 0 aliphatic carbocycles. The predicted octanol–water partition coefficient (Wildman–Crippen LogP) is 6.89. The first kappa shape index (κ1) is 21.1. The Morgan fingerprint density at radius 2 is 1.69 bits per heavy atom. The molecule has 2 atom stereocenters. The molecule has 0 amide bonds. The second kappa shape index (κ2) is 10.2. The zero-order valence-electron chi connectivity index (χ0n) is 15.2. The third-order valence-electron chi connectivity index (χ3n) is 4.57. The summed E-state index contributed by atoms with van der Waals surface area (Å²) in [6.45, 7) is 4.29. The van der Waals surface area contributed by atoms with Crippen LogP contribution in [0.15, 0.2) is 42.5 Å². The molecule has 139 valence electrons. The fourth-order valence-electron chi connectivity index (χ4n) is 2.98. The van der Waals surface area contributed by atoms with Crippen molar-refractivity contribution in [3.8, 4) is 0 Å². The van der Waals surface area contributed by atoms with Crippen molar-refractivity contribution in [1.29, 1.82) is 0 Å². The highest BCUT2D eigenvalue weighted by Gasteiger charge is 2.23. The first-order valence-electron chi connectivity index (χ1n) is 9.01. The van der Waals surface area contributed by atoms with Crippen molar-refractivity contribution in [2.45, 2.75) is 39.5 Å². The van der Waals surface area contributed by atoms with Gasteiger partial charge in [-0.05, 0) is 36.6 Å². The van der Waals surface area contributed by atoms with Crippen molar-refractivity contribution in [3.63, 3.8) is 0 Å². The minimum Gasteiger partial charge on any atom is -0.288 e. The minimum atomic E-state index is -1.66. The van der Waals surface area contributed by atoms with E-state index in [0.29, 0.717) is 33.0 Å². The van der Waals surface area contributed by atoms with Gasteiger partial charge in [-0.3, -0.25) is 9.36 Å². The van der Waals surface area contributed by atoms with Crippen LogP contribution in [0.4, 0.5) is 0 Å². The molecule has 0 aromatic heterocycles. The Balaban J connectivity index is 2.32. The third-order valence-corrected chi connectivity index (χ3v) is 6.98. The van der Waals surface area contributed by atoms with E-state index in [1.54, 1.807) is 36.4 Å². The molecule has 2 aromatic carbocycles. The van der Waals surface area contributed by atoms with Gasteiger partial charge in [0, 0.05) is 17.0 Å². The van der Waals surface area contributed by atoms with Crippen molar-refractivity contribution < 1.29 is 9.36 Å². The molecule has 0 aliphatic heterocycles. The number of hydrogen-bond donors (Lipinski definition) is 0. The molecular formula is C21H24Cl2O2P. The average molecular weight is 410 g/mol. The van der Waals surface area contributed by atoms with Gasteiger partial charge < -0.3 is 0 Å². The molecular weight excluding hydrogens is 386 g/mol. The van der Waals surface area contributed by atoms with Crippen LogP contribution in [0.2, 0.25) is 10.0 Å². The maximum atomic E-state index is 13.0. The van der Waals surface area contributed by atoms with Gasteiger partial charge in [0.05, 0.1) is 15.6 Å². The number of unbranched alkanes of at least 4 members (excludes halogenated alkanes) is 1. The number of ketones is 1. The monoisotopic (exact) mass is 409 g/mol. The van der Waals surface area contributed by atoms with Gasteiger partial charge in [-0.2, -0.15) is 0 Å². The van der Waals surface area contributed by atoms with Gasteiger partial charge in [0.1, 0.15) is 7.80 Å². The van der Waals surface area contributed by atoms with Gasteiger partial charge in [-0.1, -0.05) is 74.5 Å². The lowest BCUT2D eigenvalue weighted by Gasteiger charge is -2.15. The summed E-state index contributed by atoms with van der Waals surface area (Å²) >= 11 is 12.4. The third kappa shape index (κ3) is 5.16. The smallest absolute Gasteiger partial charge is 0.197 e. The SMILES string of the molecule is CCCCC(CC)C[P](=O)c1ccccc1C(=O)c1c(Cl)cccc1Cl. The standard InChI is InChI=1S/C21H24Cl2O2P/c1-3-5-9-15(4-2)14-26(25)19-13-7-6-10-16(19)21(24)20-17(22)11-8-12-18(20)23/h6-8,10-13,15H,3-5,9,14H2,1-2H3. The molecule has 2 rings (SSSR count). The molecule has 0 spiro atoms. The van der Waals surface area contributed by atoms with E-state index in [1.165, 1.54) is 0 Å². The van der Waals surface area contributed by atoms with Crippen LogP contribution < -0.4 is 5.30 Å². The molecule has 0 aliphatic rings. The molecule has 0 heterocycles. The van der Waals surface area contributed by atoms with E-state index in [-0.39, 0.29) is 11.3 Å². The number of carbonyl (C=O) groups excluding carboxylic acids is 1. The molecule has 2 aromatic rings. The Hall–Kier alpha value is -1.21. The van der Waals surface area contributed by atoms with E-state index >= 15 is 0 Å². The molecule has 0 saturated carbocycles. The maximum Gasteiger partial charge on any atom is 0.197 e. The summed E-state index contributed by atoms with van der Waals surface area (Å²) in [6.07, 6.45) is 4.94. The first-order chi connectivity index (χ1) is 12.5. The molecule has 5 heteroatoms. The van der Waals surface area contributed by atoms with Crippen LogP contribution in [0.3, 0.4) is 0 Å². The lowest BCUT2D eigenvalue weighted by Crippen LogP contribution is -2.16. The van der Waals surface area contributed by atoms with Crippen LogP contribution in [0.1, 0.15) is 55.5 Å². The Labute approximate surface area is 166 Å². The minimum absolute atomic E-state index is 0.268. The van der Waals surface area contributed by atoms with Crippen LogP contribution in [0.5, 0.6) is 0 Å². The molecule has 26 heavy (non-hydrogen) atoms. The summed E-state index contributed by atoms with van der Waals surface area (Å²) in [5.41, 5.74) is 0.693. The number of halogens is 2. The molecule has 2 nitrogen and oxygen atoms in total. The predicted molar refractivity (Wildman–Crippen MR) is 112 cm³/mol. The average Bonchev–Trinajstić information content (AvgIpc) is 2.64. The van der Waals surface area contributed by atoms with Crippen LogP contribution >= 0.6 is 31.0 Å². The van der Waals surface area contributed by atoms with E-state index < -0.39 is 7.80 Å². The highest BCUT2D eigenvalue weighted by Crippen LogP contribution is 2.32. The van der Waals surface area contributed by atoms with E-state index in [4.69, 9.17) is 23.2 Å². The first-order valence-corrected chi connectivity index (χ1v) is 11.2. The van der Waals surface area contributed by atoms with Gasteiger partial charge in [0.2, 0.25) is 0 Å². The van der Waals surface area contributed by atoms with Gasteiger partial charge in [0.15, 0.2) is 5.78 Å². The van der Waals surface area contributed by atoms with Crippen molar-refractivity contribution in [1.82, 2.24) is 0 Å². The number of carbonyl (C=O) groups is 1. The van der Waals surface area contributed by atoms with Crippen LogP contribution in [0, 0.1) is 5.92 Å². The summed E-state index contributed by atoms with van der Waals surface area (Å²) in [7, 11) is -1.66. The Morgan fingerprint density at radius 3 is 2.31 bits per heavy atom. The number of benzene rings is 2. The topological polar surface area (TPSA) is 34.1 Å². The van der Waals surface area contributed by atoms with Gasteiger partial charge in [-0.15, -0.1) is 0 Å². The molecule has 0 saturated heterocycles. The maximum absolute atomic E-state index is 13.0. The lowest BCUT2D eigenvalue weighted by atomic mass is 10.0. The van der Waals surface area contributed by atoms with E-state index in [1.807, 2.05) is 6.07 Å². The number of rotatable bonds is 9. The molecule has 0 fully saturated rings. The molecule has 0 N–H and O–H groups in total. The second-order valence-corrected chi connectivity index (χ2v) is 8.84. The Morgan fingerprint density at radius 1 is 1.04 bits per heavy atom. The second-order valence-electron chi connectivity index (χ2n) is 6.42. The fourth-order valence-corrected chi connectivity index (χ4v) is 5.36. The zero-order chi connectivity index (χ0) is 19.1. The zero-order valence-corrected chi connectivity index (χ0v) is 17.6. The van der Waals surface area contributed by atoms with Crippen LogP contribution in [0.25, 0.3) is 0 Å². The quantitative estimate of drug-likeness (QED) is 0.333. The van der Waals surface area contributed by atoms with Crippen molar-refractivity contribution in [3.05, 3.63) is 63.6 Å². The Bertz CT molecular complexity index is 769. The molecule has 0 bridgehead atoms. The fraction of sp³-hybridized carbons (Fsp3) is 0.381. The summed E-state index contributed by atoms with van der Waals surface area (Å²) < 4.78 is 13.0. The largest absolute Gasteiger partial charge is 0.288 e. The van der Waals surface area contributed by atoms with Crippen LogP contribution in [-0.2, 0) is 4.57 Å². The van der Waals surface area contributed by atoms with Crippen molar-refractivity contribution >= 4 is 42.1 Å². The highest BCUT2D eigenvalue weighted by molar-refractivity contribution is 7.53. The van der Waals surface area contributed by atoms with Crippen molar-refractivity contribution in [2.24, 2.45) is 5.92 Å².